The van der Waals surface area contributed by atoms with Crippen LogP contribution < -0.4 is 10.2 Å². The Bertz CT molecular complexity index is 978. The second-order valence-electron chi connectivity index (χ2n) is 10.0. The molecule has 0 radical (unpaired) electrons. The molecule has 3 heterocycles. The number of Topliss-reactive ketones (excluding diaryl/α,β-unsaturated/α-hetero) is 1. The predicted octanol–water partition coefficient (Wildman–Crippen LogP) is 3.62. The first-order valence-electron chi connectivity index (χ1n) is 11.7. The van der Waals surface area contributed by atoms with Crippen molar-refractivity contribution in [1.82, 2.24) is 10.4 Å². The van der Waals surface area contributed by atoms with E-state index in [4.69, 9.17) is 19.0 Å². The number of benzene rings is 1. The van der Waals surface area contributed by atoms with E-state index < -0.39 is 29.5 Å². The van der Waals surface area contributed by atoms with Gasteiger partial charge in [-0.05, 0) is 57.4 Å². The van der Waals surface area contributed by atoms with Crippen LogP contribution in [0.15, 0.2) is 24.3 Å². The third kappa shape index (κ3) is 5.95. The summed E-state index contributed by atoms with van der Waals surface area (Å²) < 4.78 is 17.1. The van der Waals surface area contributed by atoms with Crippen LogP contribution in [0, 0.1) is 0 Å². The number of ketones is 1. The smallest absolute Gasteiger partial charge is 0.410 e. The van der Waals surface area contributed by atoms with E-state index in [0.717, 1.165) is 19.3 Å². The number of nitrogens with zero attached hydrogens (tertiary/aromatic N) is 1. The number of likely N-dealkylation sites (tertiary alicyclic amines) is 1. The Hall–Kier alpha value is -2.91. The lowest BCUT2D eigenvalue weighted by Crippen LogP contribution is -2.46. The Morgan fingerprint density at radius 3 is 2.82 bits per heavy atom. The molecule has 0 aromatic heterocycles. The predicted molar refractivity (Wildman–Crippen MR) is 123 cm³/mol. The molecule has 1 aromatic carbocycles. The van der Waals surface area contributed by atoms with Gasteiger partial charge in [0.25, 0.3) is 5.91 Å². The number of ether oxygens (including phenoxy) is 3. The third-order valence-electron chi connectivity index (χ3n) is 5.94. The molecule has 2 saturated heterocycles. The fourth-order valence-electron chi connectivity index (χ4n) is 4.30. The molecule has 2 amide bonds. The van der Waals surface area contributed by atoms with Crippen molar-refractivity contribution in [3.05, 3.63) is 35.4 Å². The molecule has 0 bridgehead atoms. The molecule has 4 rings (SSSR count). The topological polar surface area (TPSA) is 103 Å². The molecule has 34 heavy (non-hydrogen) atoms. The molecule has 3 aliphatic rings. The second kappa shape index (κ2) is 9.76. The highest BCUT2D eigenvalue weighted by atomic mass is 16.8. The van der Waals surface area contributed by atoms with Crippen molar-refractivity contribution in [3.63, 3.8) is 0 Å². The van der Waals surface area contributed by atoms with E-state index in [1.807, 2.05) is 20.8 Å². The number of rotatable bonds is 4. The zero-order chi connectivity index (χ0) is 24.3. The van der Waals surface area contributed by atoms with Gasteiger partial charge in [0.1, 0.15) is 17.0 Å². The fraction of sp³-hybridized carbons (Fsp3) is 0.560. The van der Waals surface area contributed by atoms with E-state index in [9.17, 15) is 14.4 Å². The van der Waals surface area contributed by atoms with Crippen molar-refractivity contribution in [2.75, 3.05) is 19.7 Å². The van der Waals surface area contributed by atoms with Crippen LogP contribution in [0.2, 0.25) is 0 Å². The van der Waals surface area contributed by atoms with Crippen molar-refractivity contribution in [2.45, 2.75) is 70.4 Å². The van der Waals surface area contributed by atoms with Crippen molar-refractivity contribution in [2.24, 2.45) is 0 Å². The summed E-state index contributed by atoms with van der Waals surface area (Å²) in [7, 11) is 0. The lowest BCUT2D eigenvalue weighted by atomic mass is 9.88. The van der Waals surface area contributed by atoms with E-state index in [0.29, 0.717) is 43.0 Å². The second-order valence-corrected chi connectivity index (χ2v) is 10.0. The molecule has 0 aliphatic carbocycles. The van der Waals surface area contributed by atoms with Gasteiger partial charge in [-0.3, -0.25) is 9.59 Å². The van der Waals surface area contributed by atoms with Gasteiger partial charge in [0, 0.05) is 32.1 Å². The Labute approximate surface area is 199 Å². The van der Waals surface area contributed by atoms with Gasteiger partial charge in [-0.2, -0.15) is 0 Å². The highest BCUT2D eigenvalue weighted by Gasteiger charge is 2.47. The van der Waals surface area contributed by atoms with Gasteiger partial charge in [0.15, 0.2) is 12.1 Å². The van der Waals surface area contributed by atoms with Gasteiger partial charge in [0.2, 0.25) is 0 Å². The molecule has 0 saturated carbocycles. The number of nitrogens with one attached hydrogen (secondary N) is 1. The van der Waals surface area contributed by atoms with Crippen LogP contribution >= 0.6 is 0 Å². The summed E-state index contributed by atoms with van der Waals surface area (Å²) in [6, 6.07) is 5.22. The molecule has 2 unspecified atom stereocenters. The number of carbonyl (C=O) groups is 3. The first kappa shape index (κ1) is 24.2. The molecule has 1 N–H and O–H groups in total. The minimum Gasteiger partial charge on any atom is -0.484 e. The molecule has 9 heteroatoms. The first-order valence-corrected chi connectivity index (χ1v) is 11.7. The summed E-state index contributed by atoms with van der Waals surface area (Å²) in [6.07, 6.45) is 5.62. The number of hydrogen-bond donors (Lipinski definition) is 1. The van der Waals surface area contributed by atoms with Gasteiger partial charge < -0.3 is 19.1 Å². The maximum atomic E-state index is 13.0. The third-order valence-corrected chi connectivity index (χ3v) is 5.94. The molecule has 9 nitrogen and oxygen atoms in total. The largest absolute Gasteiger partial charge is 0.484 e. The van der Waals surface area contributed by atoms with Gasteiger partial charge in [-0.25, -0.2) is 15.1 Å². The summed E-state index contributed by atoms with van der Waals surface area (Å²) in [5.74, 6) is 0.0213. The van der Waals surface area contributed by atoms with Crippen molar-refractivity contribution >= 4 is 23.9 Å². The average Bonchev–Trinajstić information content (AvgIpc) is 3.19. The van der Waals surface area contributed by atoms with E-state index in [-0.39, 0.29) is 12.2 Å². The quantitative estimate of drug-likeness (QED) is 0.527. The normalized spacial score (nSPS) is 24.7. The molecule has 3 aliphatic heterocycles. The summed E-state index contributed by atoms with van der Waals surface area (Å²) in [5, 5.41) is 0. The Morgan fingerprint density at radius 1 is 1.26 bits per heavy atom. The minimum atomic E-state index is -0.739. The first-order chi connectivity index (χ1) is 16.1. The van der Waals surface area contributed by atoms with Crippen molar-refractivity contribution < 1.29 is 33.4 Å². The Kier molecular flexibility index (Phi) is 6.95. The monoisotopic (exact) mass is 472 g/mol. The molecular formula is C25H32N2O7. The average molecular weight is 473 g/mol. The van der Waals surface area contributed by atoms with E-state index in [1.165, 1.54) is 6.08 Å². The van der Waals surface area contributed by atoms with E-state index >= 15 is 0 Å². The maximum Gasteiger partial charge on any atom is 0.410 e. The van der Waals surface area contributed by atoms with Crippen LogP contribution in [0.25, 0.3) is 6.08 Å². The van der Waals surface area contributed by atoms with Crippen LogP contribution in [0.1, 0.15) is 68.8 Å². The zero-order valence-electron chi connectivity index (χ0n) is 19.9. The number of carbonyl (C=O) groups excluding carboxylic acids is 3. The van der Waals surface area contributed by atoms with Crippen LogP contribution in [0.3, 0.4) is 0 Å². The Morgan fingerprint density at radius 2 is 2.09 bits per heavy atom. The Balaban J connectivity index is 1.36. The molecule has 2 fully saturated rings. The van der Waals surface area contributed by atoms with Crippen molar-refractivity contribution in [1.29, 1.82) is 0 Å². The van der Waals surface area contributed by atoms with Gasteiger partial charge in [-0.15, -0.1) is 0 Å². The van der Waals surface area contributed by atoms with Gasteiger partial charge >= 0.3 is 6.09 Å². The van der Waals surface area contributed by atoms with Crippen LogP contribution in [0.4, 0.5) is 4.79 Å². The van der Waals surface area contributed by atoms with E-state index in [1.54, 1.807) is 29.2 Å². The number of hydroxylamine groups is 1. The maximum absolute atomic E-state index is 13.0. The van der Waals surface area contributed by atoms with Crippen LogP contribution in [-0.4, -0.2) is 59.9 Å². The summed E-state index contributed by atoms with van der Waals surface area (Å²) >= 11 is 0. The zero-order valence-corrected chi connectivity index (χ0v) is 19.9. The van der Waals surface area contributed by atoms with Gasteiger partial charge in [-0.1, -0.05) is 6.07 Å². The minimum absolute atomic E-state index is 0.0511. The molecule has 1 aromatic rings. The van der Waals surface area contributed by atoms with Crippen LogP contribution in [0.5, 0.6) is 5.75 Å². The van der Waals surface area contributed by atoms with E-state index in [2.05, 4.69) is 5.48 Å². The SMILES string of the molecule is CC(C)(C)OC(=O)N1CCC2(CC(=O)c3cc(/C=C/C(=O)NOC4CCCCO4)ccc3O2)C1. The summed E-state index contributed by atoms with van der Waals surface area (Å²) in [6.45, 7) is 6.87. The van der Waals surface area contributed by atoms with Gasteiger partial charge in [0.05, 0.1) is 18.5 Å². The fourth-order valence-corrected chi connectivity index (χ4v) is 4.30. The lowest BCUT2D eigenvalue weighted by Gasteiger charge is -2.35. The van der Waals surface area contributed by atoms with Crippen LogP contribution in [-0.2, 0) is 19.1 Å². The highest BCUT2D eigenvalue weighted by molar-refractivity contribution is 6.01. The molecule has 1 spiro atoms. The molecule has 2 atom stereocenters. The summed E-state index contributed by atoms with van der Waals surface area (Å²) in [5.41, 5.74) is 2.21. The number of hydrogen-bond acceptors (Lipinski definition) is 7. The summed E-state index contributed by atoms with van der Waals surface area (Å²) in [4.78, 5) is 44.3. The standard InChI is InChI=1S/C25H32N2O7/c1-24(2,3)33-23(30)27-12-11-25(16-27)15-19(28)18-14-17(7-9-20(18)32-25)8-10-21(29)26-34-22-6-4-5-13-31-22/h7-10,14,22H,4-6,11-13,15-16H2,1-3H3,(H,26,29)/b10-8+. The van der Waals surface area contributed by atoms with Crippen molar-refractivity contribution in [3.8, 4) is 5.75 Å². The molecular weight excluding hydrogens is 440 g/mol. The number of amides is 2. The highest BCUT2D eigenvalue weighted by Crippen LogP contribution is 2.39. The number of fused-ring (bicyclic) bond motifs is 1. The lowest BCUT2D eigenvalue weighted by molar-refractivity contribution is -0.198. The molecule has 184 valence electrons.